The number of nitro groups is 1. The van der Waals surface area contributed by atoms with Crippen LogP contribution in [0.3, 0.4) is 0 Å². The number of hydrogen-bond donors (Lipinski definition) is 1. The number of rotatable bonds is 8. The Morgan fingerprint density at radius 1 is 1.23 bits per heavy atom. The summed E-state index contributed by atoms with van der Waals surface area (Å²) in [6.45, 7) is 4.21. The number of carbonyl (C=O) groups excluding carboxylic acids is 1. The zero-order chi connectivity index (χ0) is 22.3. The van der Waals surface area contributed by atoms with Gasteiger partial charge in [-0.15, -0.1) is 0 Å². The van der Waals surface area contributed by atoms with Crippen LogP contribution in [0.5, 0.6) is 11.5 Å². The van der Waals surface area contributed by atoms with Gasteiger partial charge >= 0.3 is 0 Å². The van der Waals surface area contributed by atoms with Crippen molar-refractivity contribution >= 4 is 23.4 Å². The van der Waals surface area contributed by atoms with Crippen molar-refractivity contribution in [1.82, 2.24) is 0 Å². The molecule has 156 valence electrons. The van der Waals surface area contributed by atoms with Gasteiger partial charge in [-0.3, -0.25) is 14.9 Å². The molecule has 0 fully saturated rings. The average molecular weight is 409 g/mol. The number of anilines is 1. The van der Waals surface area contributed by atoms with Crippen molar-refractivity contribution in [2.75, 3.05) is 19.5 Å². The number of ether oxygens (including phenoxy) is 2. The van der Waals surface area contributed by atoms with Gasteiger partial charge in [-0.1, -0.05) is 26.0 Å². The van der Waals surface area contributed by atoms with Crippen LogP contribution in [0.4, 0.5) is 11.4 Å². The number of nitrogens with one attached hydrogen (secondary N) is 1. The van der Waals surface area contributed by atoms with Gasteiger partial charge in [-0.05, 0) is 42.2 Å². The average Bonchev–Trinajstić information content (AvgIpc) is 2.76. The first-order valence-electron chi connectivity index (χ1n) is 9.28. The highest BCUT2D eigenvalue weighted by Gasteiger charge is 2.20. The van der Waals surface area contributed by atoms with Crippen LogP contribution in [0.15, 0.2) is 42.0 Å². The summed E-state index contributed by atoms with van der Waals surface area (Å²) < 4.78 is 10.2. The zero-order valence-electron chi connectivity index (χ0n) is 17.3. The van der Waals surface area contributed by atoms with Crippen LogP contribution < -0.4 is 14.8 Å². The molecule has 0 unspecified atom stereocenters. The number of methoxy groups -OCH3 is 2. The first-order chi connectivity index (χ1) is 14.3. The highest BCUT2D eigenvalue weighted by atomic mass is 16.6. The van der Waals surface area contributed by atoms with E-state index >= 15 is 0 Å². The molecule has 2 aromatic rings. The molecular weight excluding hydrogens is 386 g/mol. The van der Waals surface area contributed by atoms with Crippen molar-refractivity contribution in [3.05, 3.63) is 63.2 Å². The fourth-order valence-corrected chi connectivity index (χ4v) is 2.79. The molecule has 0 aromatic heterocycles. The lowest BCUT2D eigenvalue weighted by molar-refractivity contribution is -0.385. The van der Waals surface area contributed by atoms with Gasteiger partial charge in [0, 0.05) is 5.69 Å². The molecule has 2 rings (SSSR count). The Hall–Kier alpha value is -3.86. The van der Waals surface area contributed by atoms with Crippen molar-refractivity contribution in [2.45, 2.75) is 26.2 Å². The van der Waals surface area contributed by atoms with Gasteiger partial charge in [-0.25, -0.2) is 0 Å². The second-order valence-corrected chi connectivity index (χ2v) is 6.58. The second-order valence-electron chi connectivity index (χ2n) is 6.58. The zero-order valence-corrected chi connectivity index (χ0v) is 17.3. The van der Waals surface area contributed by atoms with Gasteiger partial charge in [0.05, 0.1) is 30.8 Å². The lowest BCUT2D eigenvalue weighted by Crippen LogP contribution is -2.13. The standard InChI is InChI=1S/C22H23N3O5/c1-5-14(2)15-6-8-18(9-7-15)24-22(26)17(13-23)10-16-11-20(29-3)21(30-4)12-19(16)25(27)28/h6-12,14H,5H2,1-4H3,(H,24,26)/b17-10+/t14-/m0/s1. The highest BCUT2D eigenvalue weighted by molar-refractivity contribution is 6.10. The van der Waals surface area contributed by atoms with E-state index in [1.54, 1.807) is 18.2 Å². The maximum Gasteiger partial charge on any atom is 0.280 e. The van der Waals surface area contributed by atoms with E-state index in [-0.39, 0.29) is 28.3 Å². The van der Waals surface area contributed by atoms with Crippen LogP contribution in [0.1, 0.15) is 37.3 Å². The molecule has 8 nitrogen and oxygen atoms in total. The minimum atomic E-state index is -0.669. The van der Waals surface area contributed by atoms with Crippen molar-refractivity contribution < 1.29 is 19.2 Å². The number of nitrogens with zero attached hydrogens (tertiary/aromatic N) is 2. The van der Waals surface area contributed by atoms with Crippen LogP contribution in [0.2, 0.25) is 0 Å². The predicted octanol–water partition coefficient (Wildman–Crippen LogP) is 4.67. The number of benzene rings is 2. The number of carbonyl (C=O) groups is 1. The molecule has 0 aliphatic rings. The molecule has 1 N–H and O–H groups in total. The number of nitriles is 1. The predicted molar refractivity (Wildman–Crippen MR) is 114 cm³/mol. The number of amides is 1. The van der Waals surface area contributed by atoms with E-state index in [0.29, 0.717) is 11.6 Å². The van der Waals surface area contributed by atoms with E-state index in [4.69, 9.17) is 9.47 Å². The Morgan fingerprint density at radius 3 is 2.33 bits per heavy atom. The minimum Gasteiger partial charge on any atom is -0.493 e. The van der Waals surface area contributed by atoms with Gasteiger partial charge in [0.25, 0.3) is 11.6 Å². The maximum absolute atomic E-state index is 12.6. The molecular formula is C22H23N3O5. The second kappa shape index (κ2) is 10.1. The molecule has 0 aliphatic heterocycles. The van der Waals surface area contributed by atoms with Gasteiger partial charge in [0.2, 0.25) is 0 Å². The Bertz CT molecular complexity index is 1010. The van der Waals surface area contributed by atoms with E-state index < -0.39 is 10.8 Å². The van der Waals surface area contributed by atoms with Crippen LogP contribution in [0.25, 0.3) is 6.08 Å². The molecule has 30 heavy (non-hydrogen) atoms. The summed E-state index contributed by atoms with van der Waals surface area (Å²) >= 11 is 0. The summed E-state index contributed by atoms with van der Waals surface area (Å²) in [7, 11) is 2.75. The largest absolute Gasteiger partial charge is 0.493 e. The van der Waals surface area contributed by atoms with E-state index in [9.17, 15) is 20.2 Å². The summed E-state index contributed by atoms with van der Waals surface area (Å²) in [5, 5.41) is 23.5. The lowest BCUT2D eigenvalue weighted by Gasteiger charge is -2.11. The van der Waals surface area contributed by atoms with E-state index in [0.717, 1.165) is 18.1 Å². The first kappa shape index (κ1) is 22.4. The van der Waals surface area contributed by atoms with Crippen molar-refractivity contribution in [1.29, 1.82) is 5.26 Å². The molecule has 0 saturated carbocycles. The van der Waals surface area contributed by atoms with Crippen LogP contribution >= 0.6 is 0 Å². The van der Waals surface area contributed by atoms with Gasteiger partial charge in [0.15, 0.2) is 11.5 Å². The smallest absolute Gasteiger partial charge is 0.280 e. The summed E-state index contributed by atoms with van der Waals surface area (Å²) in [6.07, 6.45) is 2.15. The summed E-state index contributed by atoms with van der Waals surface area (Å²) in [5.74, 6) is 0.145. The Balaban J connectivity index is 2.36. The molecule has 0 radical (unpaired) electrons. The third-order valence-electron chi connectivity index (χ3n) is 4.74. The lowest BCUT2D eigenvalue weighted by atomic mass is 9.98. The normalized spacial score (nSPS) is 11.9. The van der Waals surface area contributed by atoms with Gasteiger partial charge in [0.1, 0.15) is 11.6 Å². The molecule has 8 heteroatoms. The fourth-order valence-electron chi connectivity index (χ4n) is 2.79. The molecule has 0 aliphatic carbocycles. The first-order valence-corrected chi connectivity index (χ1v) is 9.28. The van der Waals surface area contributed by atoms with Crippen LogP contribution in [0, 0.1) is 21.4 Å². The molecule has 0 heterocycles. The summed E-state index contributed by atoms with van der Waals surface area (Å²) in [6, 6.07) is 11.7. The van der Waals surface area contributed by atoms with Crippen molar-refractivity contribution in [3.63, 3.8) is 0 Å². The third kappa shape index (κ3) is 5.14. The van der Waals surface area contributed by atoms with Gasteiger partial charge < -0.3 is 14.8 Å². The van der Waals surface area contributed by atoms with Crippen LogP contribution in [-0.2, 0) is 4.79 Å². The number of nitro benzene ring substituents is 1. The molecule has 0 spiro atoms. The number of hydrogen-bond acceptors (Lipinski definition) is 6. The summed E-state index contributed by atoms with van der Waals surface area (Å²) in [4.78, 5) is 23.4. The Labute approximate surface area is 174 Å². The molecule has 0 saturated heterocycles. The quantitative estimate of drug-likeness (QED) is 0.293. The maximum atomic E-state index is 12.6. The Kier molecular flexibility index (Phi) is 7.53. The van der Waals surface area contributed by atoms with E-state index in [1.165, 1.54) is 26.4 Å². The molecule has 0 bridgehead atoms. The SMILES string of the molecule is CC[C@H](C)c1ccc(NC(=O)/C(C#N)=C/c2cc(OC)c(OC)cc2[N+](=O)[O-])cc1. The van der Waals surface area contributed by atoms with E-state index in [2.05, 4.69) is 19.2 Å². The molecule has 1 amide bonds. The van der Waals surface area contributed by atoms with Crippen molar-refractivity contribution in [2.24, 2.45) is 0 Å². The van der Waals surface area contributed by atoms with E-state index in [1.807, 2.05) is 12.1 Å². The monoisotopic (exact) mass is 409 g/mol. The van der Waals surface area contributed by atoms with Crippen LogP contribution in [-0.4, -0.2) is 25.1 Å². The fraction of sp³-hybridized carbons (Fsp3) is 0.273. The summed E-state index contributed by atoms with van der Waals surface area (Å²) in [5.41, 5.74) is 1.13. The van der Waals surface area contributed by atoms with Crippen molar-refractivity contribution in [3.8, 4) is 17.6 Å². The topological polar surface area (TPSA) is 114 Å². The highest BCUT2D eigenvalue weighted by Crippen LogP contribution is 2.35. The Morgan fingerprint density at radius 2 is 1.83 bits per heavy atom. The molecule has 1 atom stereocenters. The molecule has 2 aromatic carbocycles. The third-order valence-corrected chi connectivity index (χ3v) is 4.74. The minimum absolute atomic E-state index is 0.0523. The van der Waals surface area contributed by atoms with Gasteiger partial charge in [-0.2, -0.15) is 5.26 Å².